The van der Waals surface area contributed by atoms with E-state index in [9.17, 15) is 5.21 Å². The second-order valence-electron chi connectivity index (χ2n) is 2.42. The lowest BCUT2D eigenvalue weighted by molar-refractivity contribution is -0.593. The van der Waals surface area contributed by atoms with E-state index in [0.717, 1.165) is 10.3 Å². The fourth-order valence-corrected chi connectivity index (χ4v) is 1.71. The van der Waals surface area contributed by atoms with Gasteiger partial charge in [-0.05, 0) is 17.5 Å². The summed E-state index contributed by atoms with van der Waals surface area (Å²) in [5.41, 5.74) is 1.69. The number of hydrogen-bond acceptors (Lipinski definition) is 2. The summed E-state index contributed by atoms with van der Waals surface area (Å²) in [4.78, 5) is 0. The number of nitrogens with zero attached hydrogens (tertiary/aromatic N) is 1. The van der Waals surface area contributed by atoms with Crippen LogP contribution < -0.4 is 4.73 Å². The van der Waals surface area contributed by atoms with Crippen molar-refractivity contribution in [3.05, 3.63) is 46.4 Å². The average Bonchev–Trinajstić information content (AvgIpc) is 2.57. The fraction of sp³-hybridized carbons (Fsp3) is 0. The Morgan fingerprint density at radius 3 is 2.83 bits per heavy atom. The highest BCUT2D eigenvalue weighted by atomic mass is 32.1. The summed E-state index contributed by atoms with van der Waals surface area (Å²) < 4.78 is 0.877. The van der Waals surface area contributed by atoms with Crippen LogP contribution in [0.2, 0.25) is 0 Å². The monoisotopic (exact) mass is 177 g/mol. The molecule has 2 aromatic rings. The molecule has 0 aliphatic rings. The normalized spacial score (nSPS) is 10.0. The first-order valence-corrected chi connectivity index (χ1v) is 4.53. The van der Waals surface area contributed by atoms with Gasteiger partial charge >= 0.3 is 0 Å². The van der Waals surface area contributed by atoms with E-state index >= 15 is 0 Å². The molecule has 0 atom stereocenters. The van der Waals surface area contributed by atoms with Crippen LogP contribution in [0, 0.1) is 5.21 Å². The van der Waals surface area contributed by atoms with E-state index < -0.39 is 0 Å². The van der Waals surface area contributed by atoms with Crippen molar-refractivity contribution in [1.29, 1.82) is 0 Å². The van der Waals surface area contributed by atoms with Crippen molar-refractivity contribution >= 4 is 11.3 Å². The summed E-state index contributed by atoms with van der Waals surface area (Å²) in [6.45, 7) is 0. The highest BCUT2D eigenvalue weighted by Crippen LogP contribution is 2.17. The van der Waals surface area contributed by atoms with Crippen molar-refractivity contribution in [3.8, 4) is 11.3 Å². The van der Waals surface area contributed by atoms with Crippen LogP contribution in [0.3, 0.4) is 0 Å². The predicted octanol–water partition coefficient (Wildman–Crippen LogP) is 2.05. The van der Waals surface area contributed by atoms with E-state index in [2.05, 4.69) is 0 Å². The maximum Gasteiger partial charge on any atom is 0.224 e. The van der Waals surface area contributed by atoms with E-state index in [4.69, 9.17) is 0 Å². The molecule has 2 nitrogen and oxygen atoms in total. The van der Waals surface area contributed by atoms with Gasteiger partial charge in [0, 0.05) is 17.5 Å². The predicted molar refractivity (Wildman–Crippen MR) is 48.7 cm³/mol. The Balaban J connectivity index is 2.55. The van der Waals surface area contributed by atoms with E-state index in [1.54, 1.807) is 17.4 Å². The molecule has 60 valence electrons. The lowest BCUT2D eigenvalue weighted by atomic mass is 10.2. The van der Waals surface area contributed by atoms with Gasteiger partial charge in [-0.1, -0.05) is 0 Å². The summed E-state index contributed by atoms with van der Waals surface area (Å²) in [5, 5.41) is 15.2. The Morgan fingerprint density at radius 1 is 1.25 bits per heavy atom. The van der Waals surface area contributed by atoms with Crippen molar-refractivity contribution < 1.29 is 4.73 Å². The number of aromatic nitrogens is 1. The first kappa shape index (κ1) is 7.31. The second-order valence-corrected chi connectivity index (χ2v) is 3.20. The third-order valence-electron chi connectivity index (χ3n) is 1.64. The summed E-state index contributed by atoms with van der Waals surface area (Å²) in [7, 11) is 0. The lowest BCUT2D eigenvalue weighted by Gasteiger charge is -1.99. The number of rotatable bonds is 1. The zero-order valence-corrected chi connectivity index (χ0v) is 7.12. The maximum atomic E-state index is 11.2. The molecule has 0 bridgehead atoms. The van der Waals surface area contributed by atoms with Crippen LogP contribution in [0.1, 0.15) is 0 Å². The summed E-state index contributed by atoms with van der Waals surface area (Å²) >= 11 is 1.59. The third kappa shape index (κ3) is 1.19. The number of thiophene rings is 1. The Labute approximate surface area is 74.3 Å². The molecule has 0 saturated carbocycles. The molecule has 3 heteroatoms. The SMILES string of the molecule is [O-][n+]1ccccc1-c1ccsc1. The van der Waals surface area contributed by atoms with Crippen molar-refractivity contribution in [1.82, 2.24) is 0 Å². The molecule has 0 radical (unpaired) electrons. The van der Waals surface area contributed by atoms with Crippen LogP contribution in [0.4, 0.5) is 0 Å². The average molecular weight is 177 g/mol. The molecule has 0 saturated heterocycles. The van der Waals surface area contributed by atoms with Gasteiger partial charge in [-0.25, -0.2) is 0 Å². The van der Waals surface area contributed by atoms with Gasteiger partial charge in [-0.3, -0.25) is 0 Å². The zero-order valence-electron chi connectivity index (χ0n) is 6.31. The molecule has 0 aromatic carbocycles. The highest BCUT2D eigenvalue weighted by molar-refractivity contribution is 7.08. The molecular weight excluding hydrogens is 170 g/mol. The summed E-state index contributed by atoms with van der Waals surface area (Å²) in [5.74, 6) is 0. The van der Waals surface area contributed by atoms with Gasteiger partial charge < -0.3 is 5.21 Å². The van der Waals surface area contributed by atoms with Crippen LogP contribution in [-0.2, 0) is 0 Å². The van der Waals surface area contributed by atoms with Crippen LogP contribution >= 0.6 is 11.3 Å². The van der Waals surface area contributed by atoms with Crippen LogP contribution in [0.15, 0.2) is 41.2 Å². The largest absolute Gasteiger partial charge is 0.618 e. The fourth-order valence-electron chi connectivity index (χ4n) is 1.06. The molecule has 0 aliphatic carbocycles. The van der Waals surface area contributed by atoms with Gasteiger partial charge in [-0.2, -0.15) is 16.1 Å². The van der Waals surface area contributed by atoms with Crippen molar-refractivity contribution in [2.75, 3.05) is 0 Å². The third-order valence-corrected chi connectivity index (χ3v) is 2.32. The molecule has 0 aliphatic heterocycles. The van der Waals surface area contributed by atoms with Gasteiger partial charge in [-0.15, -0.1) is 0 Å². The lowest BCUT2D eigenvalue weighted by Crippen LogP contribution is -2.27. The molecule has 0 spiro atoms. The minimum absolute atomic E-state index is 0.707. The molecule has 12 heavy (non-hydrogen) atoms. The summed E-state index contributed by atoms with van der Waals surface area (Å²) in [6.07, 6.45) is 1.51. The van der Waals surface area contributed by atoms with Crippen LogP contribution in [-0.4, -0.2) is 0 Å². The molecular formula is C9H7NOS. The quantitative estimate of drug-likeness (QED) is 0.483. The Kier molecular flexibility index (Phi) is 1.80. The Bertz CT molecular complexity index is 370. The second kappa shape index (κ2) is 2.95. The molecule has 2 rings (SSSR count). The first-order chi connectivity index (χ1) is 5.88. The molecule has 2 aromatic heterocycles. The molecule has 0 unspecified atom stereocenters. The number of hydrogen-bond donors (Lipinski definition) is 0. The molecule has 0 N–H and O–H groups in total. The van der Waals surface area contributed by atoms with Crippen LogP contribution in [0.25, 0.3) is 11.3 Å². The van der Waals surface area contributed by atoms with Crippen molar-refractivity contribution in [3.63, 3.8) is 0 Å². The van der Waals surface area contributed by atoms with Gasteiger partial charge in [0.05, 0.1) is 5.56 Å². The van der Waals surface area contributed by atoms with E-state index in [1.165, 1.54) is 6.20 Å². The Morgan fingerprint density at radius 2 is 2.17 bits per heavy atom. The standard InChI is InChI=1S/C9H7NOS/c11-10-5-2-1-3-9(10)8-4-6-12-7-8/h1-7H. The van der Waals surface area contributed by atoms with Gasteiger partial charge in [0.15, 0.2) is 6.20 Å². The van der Waals surface area contributed by atoms with Crippen molar-refractivity contribution in [2.45, 2.75) is 0 Å². The van der Waals surface area contributed by atoms with E-state index in [-0.39, 0.29) is 0 Å². The zero-order chi connectivity index (χ0) is 8.39. The topological polar surface area (TPSA) is 26.9 Å². The van der Waals surface area contributed by atoms with E-state index in [1.807, 2.05) is 29.0 Å². The first-order valence-electron chi connectivity index (χ1n) is 3.59. The van der Waals surface area contributed by atoms with E-state index in [0.29, 0.717) is 5.69 Å². The smallest absolute Gasteiger partial charge is 0.224 e. The van der Waals surface area contributed by atoms with Crippen molar-refractivity contribution in [2.24, 2.45) is 0 Å². The highest BCUT2D eigenvalue weighted by Gasteiger charge is 2.05. The minimum atomic E-state index is 0.707. The van der Waals surface area contributed by atoms with Crippen LogP contribution in [0.5, 0.6) is 0 Å². The Hall–Kier alpha value is -1.35. The molecule has 0 amide bonds. The summed E-state index contributed by atoms with van der Waals surface area (Å²) in [6, 6.07) is 7.34. The maximum absolute atomic E-state index is 11.2. The molecule has 0 fully saturated rings. The van der Waals surface area contributed by atoms with Gasteiger partial charge in [0.2, 0.25) is 5.69 Å². The van der Waals surface area contributed by atoms with Gasteiger partial charge in [0.25, 0.3) is 0 Å². The minimum Gasteiger partial charge on any atom is -0.618 e. The molecule has 2 heterocycles. The number of pyridine rings is 1. The van der Waals surface area contributed by atoms with Gasteiger partial charge in [0.1, 0.15) is 0 Å².